The number of ether oxygens (including phenoxy) is 1. The van der Waals surface area contributed by atoms with E-state index in [1.165, 1.54) is 7.11 Å². The van der Waals surface area contributed by atoms with Crippen LogP contribution in [0.1, 0.15) is 10.4 Å². The number of nitrogens with two attached hydrogens (primary N) is 1. The maximum Gasteiger partial charge on any atom is 0.253 e. The molecule has 0 spiro atoms. The second-order valence-corrected chi connectivity index (χ2v) is 4.49. The number of anilines is 2. The lowest BCUT2D eigenvalue weighted by atomic mass is 10.1. The van der Waals surface area contributed by atoms with Gasteiger partial charge >= 0.3 is 0 Å². The molecule has 1 aromatic carbocycles. The van der Waals surface area contributed by atoms with Crippen LogP contribution in [0, 0.1) is 0 Å². The number of benzene rings is 1. The van der Waals surface area contributed by atoms with Gasteiger partial charge in [0.2, 0.25) is 0 Å². The molecule has 1 aromatic rings. The van der Waals surface area contributed by atoms with Gasteiger partial charge in [0.25, 0.3) is 5.91 Å². The van der Waals surface area contributed by atoms with E-state index in [0.29, 0.717) is 11.3 Å². The highest BCUT2D eigenvalue weighted by Crippen LogP contribution is 2.21. The van der Waals surface area contributed by atoms with Crippen LogP contribution in [0.4, 0.5) is 11.4 Å². The van der Waals surface area contributed by atoms with Gasteiger partial charge in [0, 0.05) is 39.1 Å². The predicted octanol–water partition coefficient (Wildman–Crippen LogP) is 0.0719. The Morgan fingerprint density at radius 1 is 1.53 bits per heavy atom. The number of carbonyl (C=O) groups is 1. The third-order valence-electron chi connectivity index (χ3n) is 2.60. The van der Waals surface area contributed by atoms with Crippen molar-refractivity contribution in [1.82, 2.24) is 5.32 Å². The van der Waals surface area contributed by atoms with E-state index < -0.39 is 6.10 Å². The number of aliphatic hydroxyl groups excluding tert-OH is 1. The first-order valence-electron chi connectivity index (χ1n) is 5.97. The standard InChI is InChI=1S/C13H21N3O3/c1-16(2)12-5-4-9(14)6-11(12)13(18)15-7-10(17)8-19-3/h4-6,10,17H,7-8,14H2,1-3H3,(H,15,18). The Hall–Kier alpha value is -1.79. The van der Waals surface area contributed by atoms with E-state index in [1.807, 2.05) is 19.0 Å². The first-order valence-corrected chi connectivity index (χ1v) is 5.97. The third-order valence-corrected chi connectivity index (χ3v) is 2.60. The summed E-state index contributed by atoms with van der Waals surface area (Å²) < 4.78 is 4.79. The largest absolute Gasteiger partial charge is 0.399 e. The number of amides is 1. The maximum absolute atomic E-state index is 12.1. The zero-order valence-corrected chi connectivity index (χ0v) is 11.5. The number of methoxy groups -OCH3 is 1. The van der Waals surface area contributed by atoms with E-state index in [-0.39, 0.29) is 19.1 Å². The highest BCUT2D eigenvalue weighted by atomic mass is 16.5. The van der Waals surface area contributed by atoms with E-state index in [9.17, 15) is 9.90 Å². The van der Waals surface area contributed by atoms with Gasteiger partial charge in [-0.25, -0.2) is 0 Å². The van der Waals surface area contributed by atoms with Crippen LogP contribution in [0.2, 0.25) is 0 Å². The summed E-state index contributed by atoms with van der Waals surface area (Å²) in [6.45, 7) is 0.312. The fourth-order valence-corrected chi connectivity index (χ4v) is 1.68. The molecule has 0 heterocycles. The molecule has 0 bridgehead atoms. The number of carbonyl (C=O) groups excluding carboxylic acids is 1. The zero-order chi connectivity index (χ0) is 14.4. The fraction of sp³-hybridized carbons (Fsp3) is 0.462. The van der Waals surface area contributed by atoms with Crippen molar-refractivity contribution in [2.75, 3.05) is 45.0 Å². The van der Waals surface area contributed by atoms with Crippen LogP contribution < -0.4 is 16.0 Å². The average molecular weight is 267 g/mol. The summed E-state index contributed by atoms with van der Waals surface area (Å²) in [6.07, 6.45) is -0.724. The van der Waals surface area contributed by atoms with Gasteiger partial charge in [-0.2, -0.15) is 0 Å². The molecule has 19 heavy (non-hydrogen) atoms. The number of nitrogens with zero attached hydrogens (tertiary/aromatic N) is 1. The number of nitrogens with one attached hydrogen (secondary N) is 1. The van der Waals surface area contributed by atoms with Crippen LogP contribution in [0.15, 0.2) is 18.2 Å². The molecule has 6 heteroatoms. The summed E-state index contributed by atoms with van der Waals surface area (Å²) in [5.74, 6) is -0.272. The van der Waals surface area contributed by atoms with Gasteiger partial charge in [0.1, 0.15) is 0 Å². The van der Waals surface area contributed by atoms with E-state index in [4.69, 9.17) is 10.5 Å². The molecule has 0 saturated carbocycles. The molecule has 6 nitrogen and oxygen atoms in total. The quantitative estimate of drug-likeness (QED) is 0.635. The average Bonchev–Trinajstić information content (AvgIpc) is 2.35. The van der Waals surface area contributed by atoms with E-state index in [2.05, 4.69) is 5.32 Å². The van der Waals surface area contributed by atoms with Crippen molar-refractivity contribution in [3.63, 3.8) is 0 Å². The van der Waals surface area contributed by atoms with E-state index in [1.54, 1.807) is 18.2 Å². The third kappa shape index (κ3) is 4.42. The van der Waals surface area contributed by atoms with E-state index >= 15 is 0 Å². The van der Waals surface area contributed by atoms with Crippen LogP contribution in [-0.2, 0) is 4.74 Å². The molecule has 0 fully saturated rings. The van der Waals surface area contributed by atoms with Gasteiger partial charge in [-0.15, -0.1) is 0 Å². The highest BCUT2D eigenvalue weighted by Gasteiger charge is 2.14. The zero-order valence-electron chi connectivity index (χ0n) is 11.5. The van der Waals surface area contributed by atoms with Crippen molar-refractivity contribution in [2.45, 2.75) is 6.10 Å². The monoisotopic (exact) mass is 267 g/mol. The lowest BCUT2D eigenvalue weighted by molar-refractivity contribution is 0.0610. The lowest BCUT2D eigenvalue weighted by Crippen LogP contribution is -2.35. The number of aliphatic hydroxyl groups is 1. The Bertz CT molecular complexity index is 435. The Morgan fingerprint density at radius 2 is 2.21 bits per heavy atom. The van der Waals surface area contributed by atoms with Gasteiger partial charge in [0.05, 0.1) is 18.3 Å². The van der Waals surface area contributed by atoms with Crippen molar-refractivity contribution in [1.29, 1.82) is 0 Å². The van der Waals surface area contributed by atoms with Crippen molar-refractivity contribution >= 4 is 17.3 Å². The molecule has 1 atom stereocenters. The molecule has 0 aliphatic carbocycles. The summed E-state index contributed by atoms with van der Waals surface area (Å²) in [4.78, 5) is 13.9. The summed E-state index contributed by atoms with van der Waals surface area (Å²) in [7, 11) is 5.19. The summed E-state index contributed by atoms with van der Waals surface area (Å²) in [6, 6.07) is 5.15. The first-order chi connectivity index (χ1) is 8.95. The normalized spacial score (nSPS) is 12.0. The Balaban J connectivity index is 2.78. The van der Waals surface area contributed by atoms with Crippen LogP contribution in [-0.4, -0.2) is 51.5 Å². The van der Waals surface area contributed by atoms with E-state index in [0.717, 1.165) is 5.69 Å². The van der Waals surface area contributed by atoms with Gasteiger partial charge < -0.3 is 25.8 Å². The van der Waals surface area contributed by atoms with Crippen LogP contribution >= 0.6 is 0 Å². The second-order valence-electron chi connectivity index (χ2n) is 4.49. The molecule has 106 valence electrons. The fourth-order valence-electron chi connectivity index (χ4n) is 1.68. The minimum absolute atomic E-state index is 0.133. The second kappa shape index (κ2) is 6.96. The number of nitrogen functional groups attached to an aromatic ring is 1. The molecule has 0 saturated heterocycles. The minimum Gasteiger partial charge on any atom is -0.399 e. The van der Waals surface area contributed by atoms with Crippen LogP contribution in [0.3, 0.4) is 0 Å². The van der Waals surface area contributed by atoms with Crippen LogP contribution in [0.5, 0.6) is 0 Å². The maximum atomic E-state index is 12.1. The molecule has 0 aliphatic heterocycles. The first kappa shape index (κ1) is 15.3. The molecule has 1 amide bonds. The van der Waals surface area contributed by atoms with Crippen molar-refractivity contribution in [3.8, 4) is 0 Å². The van der Waals surface area contributed by atoms with Crippen molar-refractivity contribution in [2.24, 2.45) is 0 Å². The Morgan fingerprint density at radius 3 is 2.79 bits per heavy atom. The molecule has 4 N–H and O–H groups in total. The molecule has 1 rings (SSSR count). The molecule has 0 aliphatic rings. The molecular weight excluding hydrogens is 246 g/mol. The molecule has 1 unspecified atom stereocenters. The van der Waals surface area contributed by atoms with Crippen molar-refractivity contribution < 1.29 is 14.6 Å². The molecule has 0 aromatic heterocycles. The van der Waals surface area contributed by atoms with Crippen LogP contribution in [0.25, 0.3) is 0 Å². The smallest absolute Gasteiger partial charge is 0.253 e. The summed E-state index contributed by atoms with van der Waals surface area (Å²) >= 11 is 0. The van der Waals surface area contributed by atoms with Crippen molar-refractivity contribution in [3.05, 3.63) is 23.8 Å². The Kier molecular flexibility index (Phi) is 5.59. The number of hydrogen-bond donors (Lipinski definition) is 3. The summed E-state index contributed by atoms with van der Waals surface area (Å²) in [5.41, 5.74) is 7.48. The van der Waals surface area contributed by atoms with Gasteiger partial charge in [0.15, 0.2) is 0 Å². The topological polar surface area (TPSA) is 87.8 Å². The highest BCUT2D eigenvalue weighted by molar-refractivity contribution is 6.00. The molecule has 0 radical (unpaired) electrons. The van der Waals surface area contributed by atoms with Gasteiger partial charge in [-0.1, -0.05) is 0 Å². The molecular formula is C13H21N3O3. The van der Waals surface area contributed by atoms with Gasteiger partial charge in [-0.3, -0.25) is 4.79 Å². The number of hydrogen-bond acceptors (Lipinski definition) is 5. The number of rotatable bonds is 6. The minimum atomic E-state index is -0.724. The SMILES string of the molecule is COCC(O)CNC(=O)c1cc(N)ccc1N(C)C. The lowest BCUT2D eigenvalue weighted by Gasteiger charge is -2.18. The Labute approximate surface area is 113 Å². The van der Waals surface area contributed by atoms with Gasteiger partial charge in [-0.05, 0) is 18.2 Å². The summed E-state index contributed by atoms with van der Waals surface area (Å²) in [5, 5.41) is 12.2. The predicted molar refractivity (Wildman–Crippen MR) is 75.4 cm³/mol.